The van der Waals surface area contributed by atoms with Gasteiger partial charge in [0.15, 0.2) is 28.1 Å². The second-order valence-corrected chi connectivity index (χ2v) is 12.7. The Balaban J connectivity index is 1.27. The van der Waals surface area contributed by atoms with Crippen LogP contribution >= 0.6 is 23.1 Å². The predicted molar refractivity (Wildman–Crippen MR) is 203 cm³/mol. The van der Waals surface area contributed by atoms with E-state index in [1.165, 1.54) is 50.5 Å². The molecule has 0 bridgehead atoms. The summed E-state index contributed by atoms with van der Waals surface area (Å²) < 4.78 is 27.0. The number of carbonyl (C=O) groups is 3. The van der Waals surface area contributed by atoms with E-state index in [0.29, 0.717) is 56.4 Å². The normalized spacial score (nSPS) is 10.9. The third-order valence-electron chi connectivity index (χ3n) is 7.42. The van der Waals surface area contributed by atoms with E-state index >= 15 is 0 Å². The molecule has 0 fully saturated rings. The summed E-state index contributed by atoms with van der Waals surface area (Å²) in [5.41, 5.74) is 2.83. The van der Waals surface area contributed by atoms with Gasteiger partial charge in [0.25, 0.3) is 11.8 Å². The molecule has 3 N–H and O–H groups in total. The van der Waals surface area contributed by atoms with Crippen LogP contribution in [0.15, 0.2) is 101 Å². The zero-order valence-corrected chi connectivity index (χ0v) is 30.6. The lowest BCUT2D eigenvalue weighted by Gasteiger charge is -2.15. The number of hydrogen-bond donors (Lipinski definition) is 3. The van der Waals surface area contributed by atoms with Crippen LogP contribution in [0.3, 0.4) is 0 Å². The van der Waals surface area contributed by atoms with E-state index in [2.05, 4.69) is 20.9 Å². The summed E-state index contributed by atoms with van der Waals surface area (Å²) in [5.74, 6) is 1.14. The van der Waals surface area contributed by atoms with E-state index in [9.17, 15) is 14.4 Å². The molecule has 5 aromatic rings. The number of hydrogen-bond acceptors (Lipinski definition) is 11. The molecular formula is C38H36N4O8S2. The second-order valence-electron chi connectivity index (χ2n) is 10.8. The minimum absolute atomic E-state index is 0.0311. The van der Waals surface area contributed by atoms with Crippen molar-refractivity contribution in [2.75, 3.05) is 51.9 Å². The van der Waals surface area contributed by atoms with Gasteiger partial charge in [-0.05, 0) is 72.3 Å². The molecule has 268 valence electrons. The van der Waals surface area contributed by atoms with Crippen molar-refractivity contribution in [1.82, 2.24) is 10.3 Å². The van der Waals surface area contributed by atoms with Gasteiger partial charge in [-0.1, -0.05) is 24.3 Å². The molecule has 0 spiro atoms. The highest BCUT2D eigenvalue weighted by Gasteiger charge is 2.18. The molecule has 14 heteroatoms. The standard InChI is InChI=1S/C38H36N4O8S2/c1-46-30-15-14-25(19-31(30)47-2)29-21-52-38(41-29)42-34(43)22-51-27-13-9-12-26(20-27)39-37(45)28(40-36(44)24-10-7-6-8-11-24)16-23-17-32(48-3)35(50-5)33(18-23)49-4/h6-21H,22H2,1-5H3,(H,39,45)(H,40,44)(H,41,42,43)/b28-16+. The maximum absolute atomic E-state index is 13.7. The summed E-state index contributed by atoms with van der Waals surface area (Å²) in [6.45, 7) is 0. The lowest BCUT2D eigenvalue weighted by atomic mass is 10.1. The van der Waals surface area contributed by atoms with E-state index in [4.69, 9.17) is 23.7 Å². The summed E-state index contributed by atoms with van der Waals surface area (Å²) in [7, 11) is 7.60. The Morgan fingerprint density at radius 1 is 0.750 bits per heavy atom. The maximum atomic E-state index is 13.7. The Morgan fingerprint density at radius 3 is 2.13 bits per heavy atom. The molecule has 5 rings (SSSR count). The van der Waals surface area contributed by atoms with Crippen LogP contribution in [0.5, 0.6) is 28.7 Å². The largest absolute Gasteiger partial charge is 0.493 e. The van der Waals surface area contributed by atoms with Crippen molar-refractivity contribution >= 4 is 57.7 Å². The molecule has 3 amide bonds. The summed E-state index contributed by atoms with van der Waals surface area (Å²) in [6.07, 6.45) is 1.51. The molecule has 1 aromatic heterocycles. The topological polar surface area (TPSA) is 146 Å². The van der Waals surface area contributed by atoms with E-state index in [0.717, 1.165) is 10.5 Å². The highest BCUT2D eigenvalue weighted by molar-refractivity contribution is 8.00. The summed E-state index contributed by atoms with van der Waals surface area (Å²) >= 11 is 2.60. The van der Waals surface area contributed by atoms with Crippen LogP contribution in [0.2, 0.25) is 0 Å². The van der Waals surface area contributed by atoms with Crippen LogP contribution in [0.1, 0.15) is 15.9 Å². The first-order valence-corrected chi connectivity index (χ1v) is 17.5. The van der Waals surface area contributed by atoms with Crippen LogP contribution < -0.4 is 39.6 Å². The molecule has 0 aliphatic carbocycles. The van der Waals surface area contributed by atoms with Gasteiger partial charge >= 0.3 is 0 Å². The van der Waals surface area contributed by atoms with Gasteiger partial charge in [-0.3, -0.25) is 14.4 Å². The average Bonchev–Trinajstić information content (AvgIpc) is 3.64. The zero-order valence-electron chi connectivity index (χ0n) is 29.0. The van der Waals surface area contributed by atoms with Gasteiger partial charge in [-0.15, -0.1) is 23.1 Å². The Morgan fingerprint density at radius 2 is 1.46 bits per heavy atom. The van der Waals surface area contributed by atoms with Crippen LogP contribution in [-0.2, 0) is 9.59 Å². The number of thiazole rings is 1. The van der Waals surface area contributed by atoms with Crippen molar-refractivity contribution in [1.29, 1.82) is 0 Å². The number of amides is 3. The van der Waals surface area contributed by atoms with Crippen LogP contribution in [0.25, 0.3) is 17.3 Å². The number of carbonyl (C=O) groups excluding carboxylic acids is 3. The zero-order chi connectivity index (χ0) is 37.0. The van der Waals surface area contributed by atoms with E-state index in [1.54, 1.807) is 80.9 Å². The Bertz CT molecular complexity index is 2060. The number of thioether (sulfide) groups is 1. The maximum Gasteiger partial charge on any atom is 0.272 e. The first-order chi connectivity index (χ1) is 25.2. The van der Waals surface area contributed by atoms with Gasteiger partial charge in [0.2, 0.25) is 11.7 Å². The highest BCUT2D eigenvalue weighted by atomic mass is 32.2. The molecule has 0 aliphatic rings. The van der Waals surface area contributed by atoms with Gasteiger partial charge in [0.05, 0.1) is 47.0 Å². The smallest absolute Gasteiger partial charge is 0.272 e. The molecule has 0 atom stereocenters. The minimum atomic E-state index is -0.577. The van der Waals surface area contributed by atoms with Crippen molar-refractivity contribution in [3.05, 3.63) is 107 Å². The Kier molecular flexibility index (Phi) is 12.7. The highest BCUT2D eigenvalue weighted by Crippen LogP contribution is 2.39. The Hall–Kier alpha value is -5.99. The quantitative estimate of drug-likeness (QED) is 0.0758. The molecule has 52 heavy (non-hydrogen) atoms. The summed E-state index contributed by atoms with van der Waals surface area (Å²) in [6, 6.07) is 24.4. The van der Waals surface area contributed by atoms with Gasteiger partial charge in [0, 0.05) is 27.1 Å². The molecule has 4 aromatic carbocycles. The van der Waals surface area contributed by atoms with Crippen LogP contribution in [-0.4, -0.2) is 64.0 Å². The number of nitrogens with zero attached hydrogens (tertiary/aromatic N) is 1. The fraction of sp³-hybridized carbons (Fsp3) is 0.158. The lowest BCUT2D eigenvalue weighted by molar-refractivity contribution is -0.114. The number of aromatic nitrogens is 1. The number of anilines is 2. The monoisotopic (exact) mass is 740 g/mol. The molecule has 0 aliphatic heterocycles. The van der Waals surface area contributed by atoms with E-state index in [1.807, 2.05) is 23.6 Å². The average molecular weight is 741 g/mol. The van der Waals surface area contributed by atoms with E-state index in [-0.39, 0.29) is 17.4 Å². The van der Waals surface area contributed by atoms with Crippen molar-refractivity contribution in [3.63, 3.8) is 0 Å². The number of rotatable bonds is 15. The van der Waals surface area contributed by atoms with E-state index < -0.39 is 11.8 Å². The fourth-order valence-corrected chi connectivity index (χ4v) is 6.41. The third kappa shape index (κ3) is 9.41. The molecule has 0 unspecified atom stereocenters. The van der Waals surface area contributed by atoms with Gasteiger partial charge in [-0.2, -0.15) is 0 Å². The molecule has 0 radical (unpaired) electrons. The first-order valence-electron chi connectivity index (χ1n) is 15.6. The van der Waals surface area contributed by atoms with Crippen LogP contribution in [0, 0.1) is 0 Å². The molecular weight excluding hydrogens is 705 g/mol. The lowest BCUT2D eigenvalue weighted by Crippen LogP contribution is -2.30. The second kappa shape index (κ2) is 17.8. The molecule has 1 heterocycles. The first kappa shape index (κ1) is 37.3. The van der Waals surface area contributed by atoms with Crippen LogP contribution in [0.4, 0.5) is 10.8 Å². The minimum Gasteiger partial charge on any atom is -0.493 e. The number of methoxy groups -OCH3 is 5. The molecule has 12 nitrogen and oxygen atoms in total. The number of ether oxygens (including phenoxy) is 5. The SMILES string of the molecule is COc1ccc(-c2csc(NC(=O)CSc3cccc(NC(=O)/C(=C\c4cc(OC)c(OC)c(OC)c4)NC(=O)c4ccccc4)c3)n2)cc1OC. The van der Waals surface area contributed by atoms with Crippen molar-refractivity contribution in [3.8, 4) is 40.0 Å². The molecule has 0 saturated carbocycles. The van der Waals surface area contributed by atoms with Gasteiger partial charge in [0.1, 0.15) is 5.70 Å². The van der Waals surface area contributed by atoms with Crippen molar-refractivity contribution in [2.45, 2.75) is 4.90 Å². The Labute approximate surface area is 309 Å². The van der Waals surface area contributed by atoms with Crippen molar-refractivity contribution < 1.29 is 38.1 Å². The summed E-state index contributed by atoms with van der Waals surface area (Å²) in [4.78, 5) is 45.0. The van der Waals surface area contributed by atoms with Gasteiger partial charge in [-0.25, -0.2) is 4.98 Å². The third-order valence-corrected chi connectivity index (χ3v) is 9.17. The number of benzene rings is 4. The van der Waals surface area contributed by atoms with Crippen molar-refractivity contribution in [2.24, 2.45) is 0 Å². The number of nitrogens with one attached hydrogen (secondary N) is 3. The predicted octanol–water partition coefficient (Wildman–Crippen LogP) is 6.99. The fourth-order valence-electron chi connectivity index (χ4n) is 4.92. The van der Waals surface area contributed by atoms with Gasteiger partial charge < -0.3 is 39.6 Å². The molecule has 0 saturated heterocycles. The summed E-state index contributed by atoms with van der Waals surface area (Å²) in [5, 5.41) is 10.7.